The monoisotopic (exact) mass is 339 g/mol. The smallest absolute Gasteiger partial charge is 0.256 e. The molecule has 2 aromatic carbocycles. The Morgan fingerprint density at radius 3 is 2.95 bits per heavy atom. The van der Waals surface area contributed by atoms with Crippen LogP contribution in [0.15, 0.2) is 47.1 Å². The highest BCUT2D eigenvalue weighted by Gasteiger charge is 2.24. The van der Waals surface area contributed by atoms with Gasteiger partial charge in [-0.25, -0.2) is 0 Å². The Kier molecular flexibility index (Phi) is 2.68. The van der Waals surface area contributed by atoms with E-state index < -0.39 is 0 Å². The van der Waals surface area contributed by atoms with Gasteiger partial charge in [0.1, 0.15) is 0 Å². The minimum absolute atomic E-state index is 0.0737. The van der Waals surface area contributed by atoms with Gasteiger partial charge < -0.3 is 5.32 Å². The first-order chi connectivity index (χ1) is 10.2. The second-order valence-corrected chi connectivity index (χ2v) is 5.83. The number of benzene rings is 2. The number of fused-ring (bicyclic) bond motifs is 2. The van der Waals surface area contributed by atoms with Crippen molar-refractivity contribution in [2.45, 2.75) is 0 Å². The minimum Gasteiger partial charge on any atom is -0.321 e. The molecule has 0 saturated heterocycles. The van der Waals surface area contributed by atoms with Gasteiger partial charge in [-0.05, 0) is 42.0 Å². The SMILES string of the molecule is O=C1Nc2ccc(Br)cc2C1=Cc1ccc2[nH]ncc2c1. The molecule has 21 heavy (non-hydrogen) atoms. The predicted molar refractivity (Wildman–Crippen MR) is 86.7 cm³/mol. The Bertz CT molecular complexity index is 911. The molecule has 3 aromatic rings. The fraction of sp³-hybridized carbons (Fsp3) is 0. The van der Waals surface area contributed by atoms with Crippen molar-refractivity contribution in [2.24, 2.45) is 0 Å². The Morgan fingerprint density at radius 1 is 1.14 bits per heavy atom. The molecule has 0 fully saturated rings. The molecule has 0 saturated carbocycles. The fourth-order valence-corrected chi connectivity index (χ4v) is 2.88. The molecule has 0 unspecified atom stereocenters. The quantitative estimate of drug-likeness (QED) is 0.662. The van der Waals surface area contributed by atoms with Crippen molar-refractivity contribution in [1.82, 2.24) is 10.2 Å². The van der Waals surface area contributed by atoms with Gasteiger partial charge >= 0.3 is 0 Å². The average molecular weight is 340 g/mol. The molecule has 2 heterocycles. The second-order valence-electron chi connectivity index (χ2n) is 4.92. The van der Waals surface area contributed by atoms with Crippen molar-refractivity contribution >= 4 is 50.1 Å². The van der Waals surface area contributed by atoms with Crippen LogP contribution < -0.4 is 5.32 Å². The Morgan fingerprint density at radius 2 is 2.05 bits per heavy atom. The minimum atomic E-state index is -0.0737. The Labute approximate surface area is 129 Å². The third-order valence-electron chi connectivity index (χ3n) is 3.54. The Balaban J connectivity index is 1.85. The lowest BCUT2D eigenvalue weighted by molar-refractivity contribution is -0.110. The lowest BCUT2D eigenvalue weighted by Crippen LogP contribution is -2.03. The molecule has 0 radical (unpaired) electrons. The van der Waals surface area contributed by atoms with E-state index in [0.29, 0.717) is 5.57 Å². The third kappa shape index (κ3) is 2.06. The van der Waals surface area contributed by atoms with E-state index in [-0.39, 0.29) is 5.91 Å². The van der Waals surface area contributed by atoms with Crippen molar-refractivity contribution in [2.75, 3.05) is 5.32 Å². The summed E-state index contributed by atoms with van der Waals surface area (Å²) >= 11 is 3.45. The van der Waals surface area contributed by atoms with E-state index in [1.807, 2.05) is 42.5 Å². The highest BCUT2D eigenvalue weighted by Crippen LogP contribution is 2.35. The number of hydrogen-bond donors (Lipinski definition) is 2. The number of carbonyl (C=O) groups excluding carboxylic acids is 1. The van der Waals surface area contributed by atoms with Gasteiger partial charge in [-0.15, -0.1) is 0 Å². The van der Waals surface area contributed by atoms with E-state index in [2.05, 4.69) is 31.4 Å². The van der Waals surface area contributed by atoms with Gasteiger partial charge in [0.05, 0.1) is 11.7 Å². The number of hydrogen-bond acceptors (Lipinski definition) is 2. The number of aromatic nitrogens is 2. The number of anilines is 1. The van der Waals surface area contributed by atoms with Crippen molar-refractivity contribution in [3.8, 4) is 0 Å². The van der Waals surface area contributed by atoms with Gasteiger partial charge in [0.15, 0.2) is 0 Å². The number of rotatable bonds is 1. The van der Waals surface area contributed by atoms with Crippen LogP contribution in [-0.2, 0) is 4.79 Å². The summed E-state index contributed by atoms with van der Waals surface area (Å²) in [5.74, 6) is -0.0737. The van der Waals surface area contributed by atoms with E-state index in [4.69, 9.17) is 0 Å². The summed E-state index contributed by atoms with van der Waals surface area (Å²) in [7, 11) is 0. The van der Waals surface area contributed by atoms with E-state index in [0.717, 1.165) is 32.2 Å². The molecular formula is C16H10BrN3O. The van der Waals surface area contributed by atoms with Crippen LogP contribution in [0, 0.1) is 0 Å². The van der Waals surface area contributed by atoms with Gasteiger partial charge in [-0.3, -0.25) is 9.89 Å². The summed E-state index contributed by atoms with van der Waals surface area (Å²) in [5.41, 5.74) is 4.40. The highest BCUT2D eigenvalue weighted by atomic mass is 79.9. The molecule has 1 aliphatic heterocycles. The first kappa shape index (κ1) is 12.3. The van der Waals surface area contributed by atoms with Crippen LogP contribution in [0.25, 0.3) is 22.6 Å². The molecule has 2 N–H and O–H groups in total. The van der Waals surface area contributed by atoms with Crippen molar-refractivity contribution in [1.29, 1.82) is 0 Å². The lowest BCUT2D eigenvalue weighted by atomic mass is 10.0. The predicted octanol–water partition coefficient (Wildman–Crippen LogP) is 3.82. The van der Waals surface area contributed by atoms with E-state index >= 15 is 0 Å². The molecule has 0 atom stereocenters. The third-order valence-corrected chi connectivity index (χ3v) is 4.03. The number of aromatic amines is 1. The largest absolute Gasteiger partial charge is 0.321 e. The van der Waals surface area contributed by atoms with Crippen molar-refractivity contribution in [3.63, 3.8) is 0 Å². The molecule has 5 heteroatoms. The number of nitrogens with one attached hydrogen (secondary N) is 2. The zero-order valence-electron chi connectivity index (χ0n) is 10.9. The second kappa shape index (κ2) is 4.56. The molecule has 4 rings (SSSR count). The van der Waals surface area contributed by atoms with Gasteiger partial charge in [0.2, 0.25) is 0 Å². The van der Waals surface area contributed by atoms with Gasteiger partial charge in [-0.1, -0.05) is 22.0 Å². The summed E-state index contributed by atoms with van der Waals surface area (Å²) in [6, 6.07) is 11.7. The molecule has 1 aromatic heterocycles. The van der Waals surface area contributed by atoms with Gasteiger partial charge in [0.25, 0.3) is 5.91 Å². The average Bonchev–Trinajstić information content (AvgIpc) is 3.04. The van der Waals surface area contributed by atoms with Crippen LogP contribution >= 0.6 is 15.9 Å². The normalized spacial score (nSPS) is 15.5. The number of carbonyl (C=O) groups is 1. The first-order valence-electron chi connectivity index (χ1n) is 6.47. The summed E-state index contributed by atoms with van der Waals surface area (Å²) in [5, 5.41) is 10.8. The molecular weight excluding hydrogens is 330 g/mol. The first-order valence-corrected chi connectivity index (χ1v) is 7.26. The maximum atomic E-state index is 12.1. The lowest BCUT2D eigenvalue weighted by Gasteiger charge is -2.00. The van der Waals surface area contributed by atoms with Gasteiger partial charge in [-0.2, -0.15) is 5.10 Å². The molecule has 1 aliphatic rings. The molecule has 0 aliphatic carbocycles. The van der Waals surface area contributed by atoms with Crippen LogP contribution in [0.4, 0.5) is 5.69 Å². The zero-order valence-corrected chi connectivity index (χ0v) is 12.4. The van der Waals surface area contributed by atoms with E-state index in [9.17, 15) is 4.79 Å². The summed E-state index contributed by atoms with van der Waals surface area (Å²) in [4.78, 5) is 12.1. The van der Waals surface area contributed by atoms with Crippen LogP contribution in [-0.4, -0.2) is 16.1 Å². The summed E-state index contributed by atoms with van der Waals surface area (Å²) < 4.78 is 0.953. The van der Waals surface area contributed by atoms with Crippen LogP contribution in [0.1, 0.15) is 11.1 Å². The van der Waals surface area contributed by atoms with Crippen LogP contribution in [0.5, 0.6) is 0 Å². The molecule has 4 nitrogen and oxygen atoms in total. The van der Waals surface area contributed by atoms with Crippen molar-refractivity contribution in [3.05, 3.63) is 58.2 Å². The van der Waals surface area contributed by atoms with Crippen molar-refractivity contribution < 1.29 is 4.79 Å². The van der Waals surface area contributed by atoms with Gasteiger partial charge in [0, 0.05) is 26.7 Å². The maximum absolute atomic E-state index is 12.1. The van der Waals surface area contributed by atoms with Crippen LogP contribution in [0.3, 0.4) is 0 Å². The number of H-pyrrole nitrogens is 1. The topological polar surface area (TPSA) is 57.8 Å². The number of nitrogens with zero attached hydrogens (tertiary/aromatic N) is 1. The molecule has 1 amide bonds. The van der Waals surface area contributed by atoms with E-state index in [1.54, 1.807) is 6.20 Å². The summed E-state index contributed by atoms with van der Waals surface area (Å²) in [6.45, 7) is 0. The van der Waals surface area contributed by atoms with E-state index in [1.165, 1.54) is 0 Å². The highest BCUT2D eigenvalue weighted by molar-refractivity contribution is 9.10. The zero-order chi connectivity index (χ0) is 14.4. The fourth-order valence-electron chi connectivity index (χ4n) is 2.52. The standard InChI is InChI=1S/C16H10BrN3O/c17-11-2-4-15-12(7-11)13(16(21)19-15)6-9-1-3-14-10(5-9)8-18-20-14/h1-8H,(H,18,20)(H,19,21). The molecule has 102 valence electrons. The maximum Gasteiger partial charge on any atom is 0.256 e. The van der Waals surface area contributed by atoms with Crippen LogP contribution in [0.2, 0.25) is 0 Å². The molecule has 0 bridgehead atoms. The number of halogens is 1. The number of amides is 1. The molecule has 0 spiro atoms. The Hall–Kier alpha value is -2.40. The summed E-state index contributed by atoms with van der Waals surface area (Å²) in [6.07, 6.45) is 3.68.